The van der Waals surface area contributed by atoms with E-state index in [1.165, 1.54) is 4.90 Å². The van der Waals surface area contributed by atoms with Crippen molar-refractivity contribution >= 4 is 47.0 Å². The van der Waals surface area contributed by atoms with E-state index in [1.807, 2.05) is 30.3 Å². The first-order valence-electron chi connectivity index (χ1n) is 19.1. The molecule has 3 atom stereocenters. The van der Waals surface area contributed by atoms with E-state index in [0.29, 0.717) is 44.3 Å². The molecule has 0 aliphatic carbocycles. The fourth-order valence-corrected chi connectivity index (χ4v) is 7.40. The molecule has 0 bridgehead atoms. The topological polar surface area (TPSA) is 168 Å². The zero-order valence-corrected chi connectivity index (χ0v) is 34.4. The zero-order chi connectivity index (χ0) is 42.7. The van der Waals surface area contributed by atoms with Crippen molar-refractivity contribution in [1.82, 2.24) is 15.2 Å². The quantitative estimate of drug-likeness (QED) is 0.131. The summed E-state index contributed by atoms with van der Waals surface area (Å²) in [6.07, 6.45) is 0.0820. The second-order valence-corrected chi connectivity index (χ2v) is 16.4. The summed E-state index contributed by atoms with van der Waals surface area (Å²) in [5, 5.41) is 22.5. The number of halogens is 2. The molecule has 2 aliphatic heterocycles. The lowest BCUT2D eigenvalue weighted by Gasteiger charge is -2.38. The van der Waals surface area contributed by atoms with Gasteiger partial charge in [-0.25, -0.2) is 14.6 Å². The van der Waals surface area contributed by atoms with Crippen molar-refractivity contribution in [3.05, 3.63) is 146 Å². The number of aromatic nitrogens is 1. The smallest absolute Gasteiger partial charge is 0.411 e. The Labute approximate surface area is 356 Å². The van der Waals surface area contributed by atoms with E-state index >= 15 is 0 Å². The molecule has 3 heterocycles. The van der Waals surface area contributed by atoms with Gasteiger partial charge in [-0.05, 0) is 85.0 Å². The molecule has 1 aromatic heterocycles. The van der Waals surface area contributed by atoms with Crippen molar-refractivity contribution in [2.24, 2.45) is 0 Å². The Bertz CT molecular complexity index is 2500. The lowest BCUT2D eigenvalue weighted by Crippen LogP contribution is -2.56. The molecule has 1 unspecified atom stereocenters. The summed E-state index contributed by atoms with van der Waals surface area (Å²) in [6, 6.07) is 26.4. The van der Waals surface area contributed by atoms with E-state index in [4.69, 9.17) is 42.7 Å². The predicted octanol–water partition coefficient (Wildman–Crippen LogP) is 8.23. The SMILES string of the molecule is CC(C)(C)OC(=O)N1Cc2cc3c(cc2C[C@H]1C(=O)N[C@@H](Cc1ccc(-c2ccc(C#N)cc2)cc1)C(=O)O)CC(=O)C(c1ccc(OCc2cnc(Cl)c(Cl)c2)cc1)O3. The van der Waals surface area contributed by atoms with Crippen LogP contribution in [0, 0.1) is 11.3 Å². The van der Waals surface area contributed by atoms with E-state index in [-0.39, 0.29) is 43.4 Å². The van der Waals surface area contributed by atoms with Gasteiger partial charge in [-0.3, -0.25) is 14.5 Å². The van der Waals surface area contributed by atoms with Crippen LogP contribution < -0.4 is 14.8 Å². The maximum absolute atomic E-state index is 14.0. The summed E-state index contributed by atoms with van der Waals surface area (Å²) in [5.41, 5.74) is 5.57. The molecule has 2 N–H and O–H groups in total. The van der Waals surface area contributed by atoms with Crippen LogP contribution >= 0.6 is 23.2 Å². The number of hydrogen-bond acceptors (Lipinski definition) is 9. The minimum Gasteiger partial charge on any atom is -0.489 e. The van der Waals surface area contributed by atoms with Crippen LogP contribution in [0.1, 0.15) is 65.8 Å². The van der Waals surface area contributed by atoms with E-state index in [9.17, 15) is 24.3 Å². The molecule has 2 amide bonds. The molecule has 14 heteroatoms. The Morgan fingerprint density at radius 3 is 2.27 bits per heavy atom. The van der Waals surface area contributed by atoms with Gasteiger partial charge in [0.1, 0.15) is 40.9 Å². The third kappa shape index (κ3) is 9.71. The molecule has 0 saturated carbocycles. The van der Waals surface area contributed by atoms with Gasteiger partial charge in [-0.15, -0.1) is 0 Å². The lowest BCUT2D eigenvalue weighted by atomic mass is 9.88. The molecule has 0 saturated heterocycles. The first-order chi connectivity index (χ1) is 28.6. The summed E-state index contributed by atoms with van der Waals surface area (Å²) in [4.78, 5) is 59.0. The Morgan fingerprint density at radius 1 is 0.950 bits per heavy atom. The third-order valence-corrected chi connectivity index (χ3v) is 10.8. The number of fused-ring (bicyclic) bond motifs is 2. The molecule has 60 heavy (non-hydrogen) atoms. The molecule has 12 nitrogen and oxygen atoms in total. The standard InChI is InChI=1S/C46H40Cl2N4O8/c1-46(2,3)60-45(57)52-24-34-21-40-33(20-39(53)41(59-40)31-12-14-35(15-13-31)58-25-28-16-36(47)42(48)50-23-28)18-32(34)19-38(52)43(54)51-37(44(55)56)17-26-4-8-29(9-5-26)30-10-6-27(22-49)7-11-30/h4-16,18,21,23,37-38,41H,17,19-20,24-25H2,1-3H3,(H,51,54)(H,55,56)/t37-,38-,41?/m0/s1. The number of aliphatic carboxylic acids is 1. The molecule has 0 fully saturated rings. The number of carboxylic acids is 1. The molecule has 306 valence electrons. The highest BCUT2D eigenvalue weighted by Gasteiger charge is 2.40. The number of hydrogen-bond donors (Lipinski definition) is 2. The van der Waals surface area contributed by atoms with Crippen molar-refractivity contribution in [3.8, 4) is 28.7 Å². The maximum Gasteiger partial charge on any atom is 0.411 e. The van der Waals surface area contributed by atoms with E-state index in [1.54, 1.807) is 87.6 Å². The number of rotatable bonds is 10. The van der Waals surface area contributed by atoms with Crippen molar-refractivity contribution in [3.63, 3.8) is 0 Å². The molecular weight excluding hydrogens is 807 g/mol. The van der Waals surface area contributed by atoms with Gasteiger partial charge in [0.2, 0.25) is 5.91 Å². The largest absolute Gasteiger partial charge is 0.489 e. The number of nitriles is 1. The van der Waals surface area contributed by atoms with Crippen LogP contribution in [-0.2, 0) is 51.5 Å². The fraction of sp³-hybridized carbons (Fsp3) is 0.261. The Hall–Kier alpha value is -6.42. The van der Waals surface area contributed by atoms with Gasteiger partial charge in [0, 0.05) is 42.1 Å². The van der Waals surface area contributed by atoms with Gasteiger partial charge in [0.05, 0.1) is 23.2 Å². The Morgan fingerprint density at radius 2 is 1.63 bits per heavy atom. The van der Waals surface area contributed by atoms with Crippen LogP contribution in [0.25, 0.3) is 11.1 Å². The summed E-state index contributed by atoms with van der Waals surface area (Å²) < 4.78 is 17.9. The summed E-state index contributed by atoms with van der Waals surface area (Å²) in [7, 11) is 0. The van der Waals surface area contributed by atoms with Crippen LogP contribution in [0.4, 0.5) is 4.79 Å². The first kappa shape index (κ1) is 41.7. The number of Topliss-reactive ketones (excluding diaryl/α,β-unsaturated/α-hetero) is 1. The lowest BCUT2D eigenvalue weighted by molar-refractivity contribution is -0.142. The van der Waals surface area contributed by atoms with Crippen LogP contribution in [-0.4, -0.2) is 56.4 Å². The number of benzene rings is 4. The van der Waals surface area contributed by atoms with Gasteiger partial charge < -0.3 is 24.6 Å². The number of ether oxygens (including phenoxy) is 3. The maximum atomic E-state index is 14.0. The van der Waals surface area contributed by atoms with Gasteiger partial charge in [0.15, 0.2) is 11.9 Å². The van der Waals surface area contributed by atoms with Gasteiger partial charge in [0.25, 0.3) is 0 Å². The highest BCUT2D eigenvalue weighted by Crippen LogP contribution is 2.38. The van der Waals surface area contributed by atoms with Gasteiger partial charge >= 0.3 is 12.1 Å². The number of pyridine rings is 1. The molecule has 0 spiro atoms. The van der Waals surface area contributed by atoms with Crippen molar-refractivity contribution in [2.45, 2.75) is 77.0 Å². The second-order valence-electron chi connectivity index (χ2n) is 15.7. The normalized spacial score (nSPS) is 16.3. The van der Waals surface area contributed by atoms with Crippen LogP contribution in [0.5, 0.6) is 11.5 Å². The number of carbonyl (C=O) groups excluding carboxylic acids is 3. The van der Waals surface area contributed by atoms with Crippen LogP contribution in [0.3, 0.4) is 0 Å². The molecule has 7 rings (SSSR count). The number of ketones is 1. The second kappa shape index (κ2) is 17.4. The van der Waals surface area contributed by atoms with Crippen molar-refractivity contribution < 1.29 is 38.5 Å². The third-order valence-electron chi connectivity index (χ3n) is 10.1. The number of nitrogens with one attached hydrogen (secondary N) is 1. The first-order valence-corrected chi connectivity index (χ1v) is 19.9. The molecule has 2 aliphatic rings. The van der Waals surface area contributed by atoms with Crippen molar-refractivity contribution in [2.75, 3.05) is 0 Å². The van der Waals surface area contributed by atoms with Crippen LogP contribution in [0.2, 0.25) is 10.2 Å². The number of nitrogens with zero attached hydrogens (tertiary/aromatic N) is 3. The molecule has 4 aromatic carbocycles. The van der Waals surface area contributed by atoms with Crippen molar-refractivity contribution in [1.29, 1.82) is 5.26 Å². The van der Waals surface area contributed by atoms with Gasteiger partial charge in [-0.1, -0.05) is 77.8 Å². The highest BCUT2D eigenvalue weighted by molar-refractivity contribution is 6.41. The van der Waals surface area contributed by atoms with E-state index in [2.05, 4.69) is 16.4 Å². The number of amides is 2. The average Bonchev–Trinajstić information content (AvgIpc) is 3.22. The average molecular weight is 848 g/mol. The van der Waals surface area contributed by atoms with E-state index in [0.717, 1.165) is 22.3 Å². The zero-order valence-electron chi connectivity index (χ0n) is 32.9. The van der Waals surface area contributed by atoms with Gasteiger partial charge in [-0.2, -0.15) is 5.26 Å². The Balaban J connectivity index is 1.06. The number of carbonyl (C=O) groups is 4. The molecular formula is C46H40Cl2N4O8. The number of carboxylic acid groups (broad SMARTS) is 1. The highest BCUT2D eigenvalue weighted by atomic mass is 35.5. The monoisotopic (exact) mass is 846 g/mol. The molecule has 0 radical (unpaired) electrons. The molecule has 5 aromatic rings. The summed E-state index contributed by atoms with van der Waals surface area (Å²) in [5.74, 6) is -1.00. The fourth-order valence-electron chi connectivity index (χ4n) is 7.11. The summed E-state index contributed by atoms with van der Waals surface area (Å²) >= 11 is 12.0. The predicted molar refractivity (Wildman–Crippen MR) is 223 cm³/mol. The van der Waals surface area contributed by atoms with E-state index < -0.39 is 41.8 Å². The Kier molecular flexibility index (Phi) is 12.1. The van der Waals surface area contributed by atoms with Crippen LogP contribution in [0.15, 0.2) is 97.2 Å². The minimum atomic E-state index is -1.30. The summed E-state index contributed by atoms with van der Waals surface area (Å²) in [6.45, 7) is 5.35. The minimum absolute atomic E-state index is 0.00914.